The molecule has 6 nitrogen and oxygen atoms in total. The first-order valence-corrected chi connectivity index (χ1v) is 32.5. The number of rotatable bonds is 14. The number of allylic oxidation sites excluding steroid dienone is 4. The molecule has 0 N–H and O–H groups in total. The molecule has 0 amide bonds. The van der Waals surface area contributed by atoms with Gasteiger partial charge in [0.1, 0.15) is 0 Å². The van der Waals surface area contributed by atoms with Crippen LogP contribution in [-0.4, -0.2) is 23.8 Å². The molecule has 8 heteroatoms. The van der Waals surface area contributed by atoms with Gasteiger partial charge in [0.05, 0.1) is 0 Å². The van der Waals surface area contributed by atoms with Crippen molar-refractivity contribution in [2.45, 2.75) is 237 Å². The van der Waals surface area contributed by atoms with Gasteiger partial charge in [0.25, 0.3) is 0 Å². The van der Waals surface area contributed by atoms with Crippen molar-refractivity contribution in [1.29, 1.82) is 0 Å². The fraction of sp³-hybridized carbons (Fsp3) is 0.703. The third kappa shape index (κ3) is 16.5. The van der Waals surface area contributed by atoms with Gasteiger partial charge < -0.3 is 20.4 Å². The maximum absolute atomic E-state index is 12.1. The number of halogens is 1. The van der Waals surface area contributed by atoms with Crippen LogP contribution in [-0.2, 0) is 31.3 Å². The van der Waals surface area contributed by atoms with Crippen LogP contribution in [0, 0.1) is 92.7 Å². The Morgan fingerprint density at radius 1 is 0.512 bits per heavy atom. The topological polar surface area (TPSA) is 126 Å². The maximum atomic E-state index is 12.1. The average molecular weight is 1180 g/mol. The molecule has 2 aromatic rings. The summed E-state index contributed by atoms with van der Waals surface area (Å²) in [5.41, 5.74) is 6.07. The second-order valence-corrected chi connectivity index (χ2v) is 29.3. The SMILES string of the molecule is CC(=O)/C=C(\[O-])c1ccccc1.CC(=O)/C=C(\[O-])c1ccccc1.CC(C)CCC[C@H](C)C1CCC2[C@@H]3CC=C4C[C@@H]([O-])CC[C@]4(C)C3CC[C@@]21C.CC(C)CCC[C@H](C)C1CCC2[C@@H]3CC=C4C[C@@H]([O-])CC[C@]4(C)C3CC[C@@]21C.Cl.[Ti+4]. The predicted molar refractivity (Wildman–Crippen MR) is 331 cm³/mol. The molecule has 8 aliphatic rings. The zero-order valence-corrected chi connectivity index (χ0v) is 55.5. The fourth-order valence-electron chi connectivity index (χ4n) is 19.0. The average Bonchev–Trinajstić information content (AvgIpc) is 4.02. The molecule has 16 atom stereocenters. The van der Waals surface area contributed by atoms with Gasteiger partial charge in [-0.15, -0.1) is 24.6 Å². The summed E-state index contributed by atoms with van der Waals surface area (Å²) in [5.74, 6) is 9.84. The van der Waals surface area contributed by atoms with Crippen molar-refractivity contribution in [2.24, 2.45) is 92.7 Å². The number of hydrogen-bond acceptors (Lipinski definition) is 6. The summed E-state index contributed by atoms with van der Waals surface area (Å²) < 4.78 is 0. The maximum Gasteiger partial charge on any atom is 4.00 e. The van der Waals surface area contributed by atoms with Crippen LogP contribution in [0.2, 0.25) is 0 Å². The predicted octanol–water partition coefficient (Wildman–Crippen LogP) is 15.9. The van der Waals surface area contributed by atoms with Gasteiger partial charge in [0.15, 0.2) is 11.6 Å². The van der Waals surface area contributed by atoms with Crippen LogP contribution in [0.3, 0.4) is 0 Å². The Kier molecular flexibility index (Phi) is 26.3. The molecule has 0 aliphatic heterocycles. The Bertz CT molecular complexity index is 2290. The third-order valence-corrected chi connectivity index (χ3v) is 23.3. The molecule has 0 aromatic heterocycles. The zero-order valence-electron chi connectivity index (χ0n) is 53.1. The zero-order chi connectivity index (χ0) is 58.2. The minimum atomic E-state index is -0.327. The van der Waals surface area contributed by atoms with Crippen molar-refractivity contribution in [3.8, 4) is 0 Å². The van der Waals surface area contributed by atoms with Crippen molar-refractivity contribution >= 4 is 35.5 Å². The largest absolute Gasteiger partial charge is 4.00 e. The van der Waals surface area contributed by atoms with E-state index in [0.717, 1.165) is 122 Å². The van der Waals surface area contributed by atoms with Crippen molar-refractivity contribution in [3.05, 3.63) is 107 Å². The molecule has 0 spiro atoms. The quantitative estimate of drug-likeness (QED) is 0.0802. The summed E-state index contributed by atoms with van der Waals surface area (Å²) >= 11 is 0. The smallest absolute Gasteiger partial charge is 0.872 e. The first-order chi connectivity index (χ1) is 37.9. The molecule has 0 radical (unpaired) electrons. The van der Waals surface area contributed by atoms with Gasteiger partial charge in [-0.2, -0.15) is 0 Å². The molecule has 0 saturated heterocycles. The molecule has 8 aliphatic carbocycles. The summed E-state index contributed by atoms with van der Waals surface area (Å²) in [5, 5.41) is 46.6. The molecule has 6 unspecified atom stereocenters. The van der Waals surface area contributed by atoms with Gasteiger partial charge in [-0.05, 0) is 220 Å². The van der Waals surface area contributed by atoms with E-state index in [9.17, 15) is 30.0 Å². The first kappa shape index (κ1) is 70.0. The summed E-state index contributed by atoms with van der Waals surface area (Å²) in [7, 11) is 0. The Morgan fingerprint density at radius 2 is 0.866 bits per heavy atom. The van der Waals surface area contributed by atoms with Gasteiger partial charge >= 0.3 is 21.7 Å². The van der Waals surface area contributed by atoms with Crippen molar-refractivity contribution in [1.82, 2.24) is 0 Å². The van der Waals surface area contributed by atoms with Crippen LogP contribution in [0.15, 0.2) is 96.1 Å². The molecular weight excluding hydrogens is 1070 g/mol. The van der Waals surface area contributed by atoms with E-state index in [2.05, 4.69) is 81.4 Å². The molecule has 6 fully saturated rings. The van der Waals surface area contributed by atoms with E-state index in [1.54, 1.807) is 59.7 Å². The summed E-state index contributed by atoms with van der Waals surface area (Å²) in [6, 6.07) is 17.4. The van der Waals surface area contributed by atoms with Gasteiger partial charge in [0.2, 0.25) is 0 Å². The van der Waals surface area contributed by atoms with Crippen LogP contribution in [0.5, 0.6) is 0 Å². The normalized spacial score (nSPS) is 35.1. The Morgan fingerprint density at radius 3 is 1.20 bits per heavy atom. The molecule has 0 heterocycles. The summed E-state index contributed by atoms with van der Waals surface area (Å²) in [4.78, 5) is 21.1. The van der Waals surface area contributed by atoms with E-state index in [1.807, 2.05) is 12.1 Å². The van der Waals surface area contributed by atoms with E-state index in [1.165, 1.54) is 117 Å². The van der Waals surface area contributed by atoms with Crippen LogP contribution in [0.25, 0.3) is 11.5 Å². The number of hydrogen-bond donors (Lipinski definition) is 0. The number of carbonyl (C=O) groups is 2. The molecular formula is C74H109ClO6Ti. The van der Waals surface area contributed by atoms with Crippen LogP contribution >= 0.6 is 12.4 Å². The summed E-state index contributed by atoms with van der Waals surface area (Å²) in [6.45, 7) is 27.8. The van der Waals surface area contributed by atoms with E-state index >= 15 is 0 Å². The minimum absolute atomic E-state index is 0. The number of carbonyl (C=O) groups excluding carboxylic acids is 2. The van der Waals surface area contributed by atoms with Crippen LogP contribution in [0.1, 0.15) is 235 Å². The van der Waals surface area contributed by atoms with Crippen LogP contribution in [0.4, 0.5) is 0 Å². The molecule has 0 bridgehead atoms. The minimum Gasteiger partial charge on any atom is -0.872 e. The third-order valence-electron chi connectivity index (χ3n) is 23.3. The van der Waals surface area contributed by atoms with Gasteiger partial charge in [-0.1, -0.05) is 216 Å². The number of ketones is 2. The van der Waals surface area contributed by atoms with E-state index in [4.69, 9.17) is 0 Å². The van der Waals surface area contributed by atoms with Gasteiger partial charge in [-0.3, -0.25) is 9.59 Å². The standard InChI is InChI=1S/2C27H45O.2C10H10O2.ClH.Ti/c2*1-18(2)7-6-8-19(3)23-11-12-24-22-10-9-20-17-21(28)13-15-26(20,4)25(22)14-16-27(23,24)5;2*1-8(11)7-10(12)9-5-3-2-4-6-9;;/h2*9,18-19,21-25H,6-8,10-17H2,1-5H3;2*2-7,12H,1H3;1H;/q2*-1;;;;+4/p-2/b;;2*10-7-;;/t2*19-,21-,22-,23?,24?,25?,26-,27+;;;;/m00..../s1. The van der Waals surface area contributed by atoms with Gasteiger partial charge in [-0.25, -0.2) is 0 Å². The molecule has 82 heavy (non-hydrogen) atoms. The Balaban J connectivity index is 0.000000214. The molecule has 6 saturated carbocycles. The summed E-state index contributed by atoms with van der Waals surface area (Å²) in [6.07, 6.45) is 35.2. The monoisotopic (exact) mass is 1180 g/mol. The van der Waals surface area contributed by atoms with Crippen molar-refractivity contribution in [3.63, 3.8) is 0 Å². The first-order valence-electron chi connectivity index (χ1n) is 32.5. The van der Waals surface area contributed by atoms with Gasteiger partial charge in [0, 0.05) is 0 Å². The van der Waals surface area contributed by atoms with E-state index in [0.29, 0.717) is 32.8 Å². The van der Waals surface area contributed by atoms with Crippen molar-refractivity contribution in [2.75, 3.05) is 0 Å². The molecule has 452 valence electrons. The fourth-order valence-corrected chi connectivity index (χ4v) is 19.0. The second-order valence-electron chi connectivity index (χ2n) is 29.3. The molecule has 10 rings (SSSR count). The van der Waals surface area contributed by atoms with E-state index < -0.39 is 0 Å². The number of benzene rings is 2. The second kappa shape index (κ2) is 30.8. The Hall–Kier alpha value is -2.74. The molecule has 2 aromatic carbocycles. The number of fused-ring (bicyclic) bond motifs is 10. The van der Waals surface area contributed by atoms with E-state index in [-0.39, 0.29) is 69.4 Å². The Labute approximate surface area is 520 Å². The van der Waals surface area contributed by atoms with Crippen LogP contribution < -0.4 is 20.4 Å². The van der Waals surface area contributed by atoms with Crippen molar-refractivity contribution < 1.29 is 51.7 Å².